The zero-order valence-corrected chi connectivity index (χ0v) is 23.9. The summed E-state index contributed by atoms with van der Waals surface area (Å²) in [5.41, 5.74) is 14.0. The predicted octanol–water partition coefficient (Wildman–Crippen LogP) is 4.15. The molecule has 0 spiro atoms. The van der Waals surface area contributed by atoms with Crippen molar-refractivity contribution in [2.75, 3.05) is 6.61 Å². The van der Waals surface area contributed by atoms with Gasteiger partial charge in [0.05, 0.1) is 26.4 Å². The van der Waals surface area contributed by atoms with Crippen LogP contribution in [-0.4, -0.2) is 40.2 Å². The van der Waals surface area contributed by atoms with Crippen molar-refractivity contribution in [2.45, 2.75) is 57.3 Å². The highest BCUT2D eigenvalue weighted by Gasteiger charge is 2.67. The van der Waals surface area contributed by atoms with Gasteiger partial charge in [-0.15, -0.1) is 5.10 Å². The fourth-order valence-corrected chi connectivity index (χ4v) is 5.30. The minimum Gasteiger partial charge on any atom is -0.374 e. The molecule has 3 aromatic carbocycles. The van der Waals surface area contributed by atoms with Crippen molar-refractivity contribution in [3.63, 3.8) is 0 Å². The van der Waals surface area contributed by atoms with Gasteiger partial charge in [0.1, 0.15) is 17.9 Å². The fourth-order valence-electron chi connectivity index (χ4n) is 5.30. The molecule has 0 bridgehead atoms. The van der Waals surface area contributed by atoms with Gasteiger partial charge in [-0.2, -0.15) is 0 Å². The molecule has 5 rings (SSSR count). The summed E-state index contributed by atoms with van der Waals surface area (Å²) < 4.78 is 27.3. The van der Waals surface area contributed by atoms with Gasteiger partial charge in [0.2, 0.25) is 11.7 Å². The lowest BCUT2D eigenvalue weighted by Gasteiger charge is -2.40. The third-order valence-corrected chi connectivity index (χ3v) is 7.53. The van der Waals surface area contributed by atoms with Gasteiger partial charge in [0, 0.05) is 5.69 Å². The van der Waals surface area contributed by atoms with E-state index < -0.39 is 23.6 Å². The second kappa shape index (κ2) is 12.9. The van der Waals surface area contributed by atoms with Crippen LogP contribution < -0.4 is 11.5 Å². The molecular formula is C33H38N4O5. The van der Waals surface area contributed by atoms with Gasteiger partial charge >= 0.3 is 0 Å². The van der Waals surface area contributed by atoms with Gasteiger partial charge in [0.15, 0.2) is 5.60 Å². The highest BCUT2D eigenvalue weighted by atomic mass is 16.7. The lowest BCUT2D eigenvalue weighted by Crippen LogP contribution is -2.56. The predicted molar refractivity (Wildman–Crippen MR) is 160 cm³/mol. The molecule has 1 saturated heterocycles. The SMILES string of the molecule is Cc1ccc([C@]2(O)OC(COCc3ccccc3)[C@@H](OCc3ccccc3)[C@@]2(C)OCc2ccccc2)n1N=C(N)N. The summed E-state index contributed by atoms with van der Waals surface area (Å²) in [7, 11) is 0. The molecule has 5 N–H and O–H groups in total. The molecule has 1 aliphatic heterocycles. The fraction of sp³-hybridized carbons (Fsp3) is 0.303. The minimum absolute atomic E-state index is 0.142. The van der Waals surface area contributed by atoms with Crippen molar-refractivity contribution in [2.24, 2.45) is 16.6 Å². The number of ether oxygens (including phenoxy) is 4. The van der Waals surface area contributed by atoms with Crippen molar-refractivity contribution in [1.82, 2.24) is 4.68 Å². The Hall–Kier alpha value is -3.99. The molecule has 1 fully saturated rings. The van der Waals surface area contributed by atoms with E-state index in [0.717, 1.165) is 16.7 Å². The van der Waals surface area contributed by atoms with E-state index >= 15 is 0 Å². The Balaban J connectivity index is 1.53. The Bertz CT molecular complexity index is 1460. The summed E-state index contributed by atoms with van der Waals surface area (Å²) in [5.74, 6) is -2.18. The molecule has 220 valence electrons. The summed E-state index contributed by atoms with van der Waals surface area (Å²) in [6.45, 7) is 4.62. The first-order chi connectivity index (χ1) is 20.3. The third kappa shape index (κ3) is 6.25. The number of nitrogens with zero attached hydrogens (tertiary/aromatic N) is 2. The number of nitrogens with two attached hydrogens (primary N) is 2. The largest absolute Gasteiger partial charge is 0.374 e. The molecule has 9 nitrogen and oxygen atoms in total. The molecule has 1 aromatic heterocycles. The Kier molecular flexibility index (Phi) is 9.06. The Labute approximate surface area is 246 Å². The van der Waals surface area contributed by atoms with E-state index in [1.807, 2.05) is 97.9 Å². The van der Waals surface area contributed by atoms with Gasteiger partial charge in [-0.1, -0.05) is 91.0 Å². The molecule has 4 aromatic rings. The molecule has 4 atom stereocenters. The van der Waals surface area contributed by atoms with Crippen molar-refractivity contribution in [1.29, 1.82) is 0 Å². The topological polar surface area (TPSA) is 126 Å². The van der Waals surface area contributed by atoms with Crippen LogP contribution in [0, 0.1) is 6.92 Å². The first-order valence-corrected chi connectivity index (χ1v) is 13.9. The number of aromatic nitrogens is 1. The minimum atomic E-state index is -2.02. The van der Waals surface area contributed by atoms with Crippen LogP contribution in [-0.2, 0) is 44.6 Å². The van der Waals surface area contributed by atoms with Crippen molar-refractivity contribution in [3.8, 4) is 0 Å². The summed E-state index contributed by atoms with van der Waals surface area (Å²) >= 11 is 0. The number of guanidine groups is 1. The molecule has 1 aliphatic rings. The second-order valence-electron chi connectivity index (χ2n) is 10.6. The average molecular weight is 571 g/mol. The van der Waals surface area contributed by atoms with E-state index in [2.05, 4.69) is 5.10 Å². The first-order valence-electron chi connectivity index (χ1n) is 13.9. The van der Waals surface area contributed by atoms with Crippen LogP contribution in [0.5, 0.6) is 0 Å². The molecule has 0 saturated carbocycles. The lowest BCUT2D eigenvalue weighted by molar-refractivity contribution is -0.294. The van der Waals surface area contributed by atoms with E-state index in [4.69, 9.17) is 30.4 Å². The van der Waals surface area contributed by atoms with Crippen LogP contribution in [0.3, 0.4) is 0 Å². The van der Waals surface area contributed by atoms with E-state index in [-0.39, 0.29) is 25.8 Å². The van der Waals surface area contributed by atoms with Crippen molar-refractivity contribution in [3.05, 3.63) is 131 Å². The maximum Gasteiger partial charge on any atom is 0.243 e. The van der Waals surface area contributed by atoms with Gasteiger partial charge in [0.25, 0.3) is 0 Å². The second-order valence-corrected chi connectivity index (χ2v) is 10.6. The number of rotatable bonds is 12. The van der Waals surface area contributed by atoms with Gasteiger partial charge in [-0.3, -0.25) is 0 Å². The standard InChI is InChI=1S/C33H38N4O5/c1-24-18-19-29(37(24)36-31(34)35)33(38)32(2,41-22-27-16-10-5-11-17-27)30(40-21-26-14-8-4-9-15-26)28(42-33)23-39-20-25-12-6-3-7-13-25/h3-19,28,30,38H,20-23H2,1-2H3,(H4,34,35,36)/t28?,30-,32-,33+/m1/s1. The highest BCUT2D eigenvalue weighted by Crippen LogP contribution is 2.50. The maximum absolute atomic E-state index is 12.6. The first kappa shape index (κ1) is 29.5. The molecule has 1 unspecified atom stereocenters. The molecule has 0 aliphatic carbocycles. The van der Waals surface area contributed by atoms with Gasteiger partial charge in [-0.05, 0) is 42.7 Å². The summed E-state index contributed by atoms with van der Waals surface area (Å²) in [4.78, 5) is 0. The number of hydrogen-bond acceptors (Lipinski definition) is 6. The Morgan fingerprint density at radius 2 is 1.38 bits per heavy atom. The summed E-state index contributed by atoms with van der Waals surface area (Å²) in [5, 5.41) is 16.8. The van der Waals surface area contributed by atoms with Crippen LogP contribution in [0.2, 0.25) is 0 Å². The molecule has 42 heavy (non-hydrogen) atoms. The zero-order valence-electron chi connectivity index (χ0n) is 23.9. The Morgan fingerprint density at radius 3 is 1.95 bits per heavy atom. The van der Waals surface area contributed by atoms with E-state index in [9.17, 15) is 5.11 Å². The Morgan fingerprint density at radius 1 is 0.833 bits per heavy atom. The maximum atomic E-state index is 12.6. The smallest absolute Gasteiger partial charge is 0.243 e. The molecule has 2 heterocycles. The third-order valence-electron chi connectivity index (χ3n) is 7.53. The van der Waals surface area contributed by atoms with Gasteiger partial charge in [-0.25, -0.2) is 4.68 Å². The highest BCUT2D eigenvalue weighted by molar-refractivity contribution is 5.75. The molecule has 9 heteroatoms. The van der Waals surface area contributed by atoms with E-state index in [0.29, 0.717) is 18.0 Å². The average Bonchev–Trinajstić information content (AvgIpc) is 3.46. The normalized spacial score (nSPS) is 23.6. The van der Waals surface area contributed by atoms with Crippen molar-refractivity contribution >= 4 is 5.96 Å². The summed E-state index contributed by atoms with van der Waals surface area (Å²) in [6, 6.07) is 33.0. The number of benzene rings is 3. The molecule has 0 amide bonds. The summed E-state index contributed by atoms with van der Waals surface area (Å²) in [6.07, 6.45) is -1.45. The van der Waals surface area contributed by atoms with Crippen LogP contribution in [0.4, 0.5) is 0 Å². The quantitative estimate of drug-likeness (QED) is 0.173. The monoisotopic (exact) mass is 570 g/mol. The van der Waals surface area contributed by atoms with Crippen molar-refractivity contribution < 1.29 is 24.1 Å². The number of aryl methyl sites for hydroxylation is 1. The van der Waals surface area contributed by atoms with Crippen LogP contribution in [0.1, 0.15) is 35.0 Å². The van der Waals surface area contributed by atoms with Crippen LogP contribution >= 0.6 is 0 Å². The van der Waals surface area contributed by atoms with E-state index in [1.165, 1.54) is 4.68 Å². The van der Waals surface area contributed by atoms with Crippen LogP contribution in [0.15, 0.2) is 108 Å². The van der Waals surface area contributed by atoms with Crippen LogP contribution in [0.25, 0.3) is 0 Å². The zero-order chi connectivity index (χ0) is 29.6. The lowest BCUT2D eigenvalue weighted by atomic mass is 9.87. The molecular weight excluding hydrogens is 532 g/mol. The number of hydrogen-bond donors (Lipinski definition) is 3. The van der Waals surface area contributed by atoms with Gasteiger partial charge < -0.3 is 35.5 Å². The molecule has 0 radical (unpaired) electrons. The number of aliphatic hydroxyl groups is 1. The van der Waals surface area contributed by atoms with E-state index in [1.54, 1.807) is 19.1 Å².